The van der Waals surface area contributed by atoms with Crippen LogP contribution in [0.1, 0.15) is 15.9 Å². The molecule has 0 fully saturated rings. The van der Waals surface area contributed by atoms with Crippen LogP contribution in [0.4, 0.5) is 5.69 Å². The van der Waals surface area contributed by atoms with Crippen LogP contribution in [-0.2, 0) is 6.54 Å². The molecule has 20 heavy (non-hydrogen) atoms. The minimum Gasteiger partial charge on any atom is -0.494 e. The van der Waals surface area contributed by atoms with Gasteiger partial charge in [0.15, 0.2) is 0 Å². The Morgan fingerprint density at radius 1 is 1.30 bits per heavy atom. The van der Waals surface area contributed by atoms with E-state index in [4.69, 9.17) is 4.74 Å². The number of amides is 1. The molecular weight excluding hydrogens is 254 g/mol. The van der Waals surface area contributed by atoms with Gasteiger partial charge in [0.1, 0.15) is 5.75 Å². The SMILES string of the molecule is CNCc1ccccc1NC(=O)c1ccncc1OC. The van der Waals surface area contributed by atoms with Gasteiger partial charge in [-0.2, -0.15) is 0 Å². The van der Waals surface area contributed by atoms with Gasteiger partial charge in [0.25, 0.3) is 5.91 Å². The number of methoxy groups -OCH3 is 1. The van der Waals surface area contributed by atoms with Crippen molar-refractivity contribution in [2.45, 2.75) is 6.54 Å². The highest BCUT2D eigenvalue weighted by Gasteiger charge is 2.13. The lowest BCUT2D eigenvalue weighted by Gasteiger charge is -2.12. The number of anilines is 1. The summed E-state index contributed by atoms with van der Waals surface area (Å²) in [4.78, 5) is 16.2. The molecule has 5 nitrogen and oxygen atoms in total. The molecule has 1 heterocycles. The minimum atomic E-state index is -0.215. The van der Waals surface area contributed by atoms with Crippen LogP contribution >= 0.6 is 0 Å². The monoisotopic (exact) mass is 271 g/mol. The first-order valence-electron chi connectivity index (χ1n) is 6.28. The van der Waals surface area contributed by atoms with Crippen LogP contribution in [0.25, 0.3) is 0 Å². The van der Waals surface area contributed by atoms with Crippen LogP contribution in [-0.4, -0.2) is 25.0 Å². The first-order valence-corrected chi connectivity index (χ1v) is 6.28. The third kappa shape index (κ3) is 3.13. The number of benzene rings is 1. The Bertz CT molecular complexity index is 599. The average Bonchev–Trinajstić information content (AvgIpc) is 2.49. The standard InChI is InChI=1S/C15H17N3O2/c1-16-9-11-5-3-4-6-13(11)18-15(19)12-7-8-17-10-14(12)20-2/h3-8,10,16H,9H2,1-2H3,(H,18,19). The van der Waals surface area contributed by atoms with Crippen LogP contribution in [0, 0.1) is 0 Å². The lowest BCUT2D eigenvalue weighted by molar-refractivity contribution is 0.102. The van der Waals surface area contributed by atoms with E-state index in [1.807, 2.05) is 31.3 Å². The summed E-state index contributed by atoms with van der Waals surface area (Å²) >= 11 is 0. The second kappa shape index (κ2) is 6.68. The van der Waals surface area contributed by atoms with Crippen molar-refractivity contribution in [3.63, 3.8) is 0 Å². The second-order valence-corrected chi connectivity index (χ2v) is 4.22. The molecule has 2 N–H and O–H groups in total. The van der Waals surface area contributed by atoms with Crippen LogP contribution in [0.3, 0.4) is 0 Å². The summed E-state index contributed by atoms with van der Waals surface area (Å²) in [5.41, 5.74) is 2.27. The van der Waals surface area contributed by atoms with Gasteiger partial charge in [0.05, 0.1) is 18.9 Å². The maximum Gasteiger partial charge on any atom is 0.259 e. The predicted molar refractivity (Wildman–Crippen MR) is 77.9 cm³/mol. The van der Waals surface area contributed by atoms with E-state index >= 15 is 0 Å². The van der Waals surface area contributed by atoms with Gasteiger partial charge in [-0.25, -0.2) is 0 Å². The van der Waals surface area contributed by atoms with Crippen molar-refractivity contribution in [2.75, 3.05) is 19.5 Å². The van der Waals surface area contributed by atoms with E-state index in [0.717, 1.165) is 11.3 Å². The number of carbonyl (C=O) groups excluding carboxylic acids is 1. The third-order valence-electron chi connectivity index (χ3n) is 2.88. The molecule has 5 heteroatoms. The molecule has 1 aromatic carbocycles. The summed E-state index contributed by atoms with van der Waals surface area (Å²) in [6, 6.07) is 9.30. The van der Waals surface area contributed by atoms with Gasteiger partial charge in [0, 0.05) is 18.4 Å². The summed E-state index contributed by atoms with van der Waals surface area (Å²) in [5, 5.41) is 5.97. The molecule has 2 aromatic rings. The Morgan fingerprint density at radius 2 is 2.10 bits per heavy atom. The van der Waals surface area contributed by atoms with Gasteiger partial charge < -0.3 is 15.4 Å². The summed E-state index contributed by atoms with van der Waals surface area (Å²) in [7, 11) is 3.38. The Kier molecular flexibility index (Phi) is 4.68. The lowest BCUT2D eigenvalue weighted by atomic mass is 10.1. The highest BCUT2D eigenvalue weighted by atomic mass is 16.5. The molecular formula is C15H17N3O2. The summed E-state index contributed by atoms with van der Waals surface area (Å²) in [6.07, 6.45) is 3.09. The van der Waals surface area contributed by atoms with Gasteiger partial charge >= 0.3 is 0 Å². The quantitative estimate of drug-likeness (QED) is 0.873. The highest BCUT2D eigenvalue weighted by molar-refractivity contribution is 6.06. The topological polar surface area (TPSA) is 63.2 Å². The maximum absolute atomic E-state index is 12.3. The van der Waals surface area contributed by atoms with Crippen molar-refractivity contribution >= 4 is 11.6 Å². The molecule has 0 radical (unpaired) electrons. The van der Waals surface area contributed by atoms with Gasteiger partial charge in [-0.1, -0.05) is 18.2 Å². The fourth-order valence-corrected chi connectivity index (χ4v) is 1.91. The summed E-state index contributed by atoms with van der Waals surface area (Å²) in [5.74, 6) is 0.240. The Balaban J connectivity index is 2.24. The zero-order valence-electron chi connectivity index (χ0n) is 11.5. The number of hydrogen-bond acceptors (Lipinski definition) is 4. The zero-order chi connectivity index (χ0) is 14.4. The van der Waals surface area contributed by atoms with E-state index in [9.17, 15) is 4.79 Å². The molecule has 0 aliphatic rings. The zero-order valence-corrected chi connectivity index (χ0v) is 11.5. The molecule has 0 unspecified atom stereocenters. The van der Waals surface area contributed by atoms with Crippen molar-refractivity contribution in [3.05, 3.63) is 53.9 Å². The van der Waals surface area contributed by atoms with E-state index in [2.05, 4.69) is 15.6 Å². The van der Waals surface area contributed by atoms with Crippen LogP contribution in [0.5, 0.6) is 5.75 Å². The Labute approximate surface area is 118 Å². The number of nitrogens with zero attached hydrogens (tertiary/aromatic N) is 1. The number of carbonyl (C=O) groups is 1. The first-order chi connectivity index (χ1) is 9.76. The van der Waals surface area contributed by atoms with Crippen molar-refractivity contribution in [1.29, 1.82) is 0 Å². The van der Waals surface area contributed by atoms with Gasteiger partial charge in [-0.3, -0.25) is 9.78 Å². The Hall–Kier alpha value is -2.40. The fourth-order valence-electron chi connectivity index (χ4n) is 1.91. The molecule has 0 spiro atoms. The molecule has 1 amide bonds. The molecule has 0 bridgehead atoms. The smallest absolute Gasteiger partial charge is 0.259 e. The lowest BCUT2D eigenvalue weighted by Crippen LogP contribution is -2.16. The van der Waals surface area contributed by atoms with Gasteiger partial charge in [0.2, 0.25) is 0 Å². The van der Waals surface area contributed by atoms with E-state index < -0.39 is 0 Å². The normalized spacial score (nSPS) is 10.1. The molecule has 2 rings (SSSR count). The largest absolute Gasteiger partial charge is 0.494 e. The van der Waals surface area contributed by atoms with Crippen molar-refractivity contribution < 1.29 is 9.53 Å². The number of hydrogen-bond donors (Lipinski definition) is 2. The molecule has 104 valence electrons. The van der Waals surface area contributed by atoms with Gasteiger partial charge in [-0.05, 0) is 24.7 Å². The molecule has 0 saturated heterocycles. The Morgan fingerprint density at radius 3 is 2.85 bits per heavy atom. The van der Waals surface area contributed by atoms with Crippen LogP contribution < -0.4 is 15.4 Å². The summed E-state index contributed by atoms with van der Waals surface area (Å²) in [6.45, 7) is 0.684. The highest BCUT2D eigenvalue weighted by Crippen LogP contribution is 2.20. The number of ether oxygens (including phenoxy) is 1. The number of rotatable bonds is 5. The van der Waals surface area contributed by atoms with Crippen molar-refractivity contribution in [1.82, 2.24) is 10.3 Å². The fraction of sp³-hybridized carbons (Fsp3) is 0.200. The predicted octanol–water partition coefficient (Wildman–Crippen LogP) is 2.06. The van der Waals surface area contributed by atoms with E-state index in [-0.39, 0.29) is 5.91 Å². The van der Waals surface area contributed by atoms with Crippen LogP contribution in [0.2, 0.25) is 0 Å². The average molecular weight is 271 g/mol. The number of aromatic nitrogens is 1. The second-order valence-electron chi connectivity index (χ2n) is 4.22. The molecule has 0 atom stereocenters. The molecule has 0 saturated carbocycles. The number of nitrogens with one attached hydrogen (secondary N) is 2. The third-order valence-corrected chi connectivity index (χ3v) is 2.88. The van der Waals surface area contributed by atoms with E-state index in [1.54, 1.807) is 12.3 Å². The van der Waals surface area contributed by atoms with Crippen molar-refractivity contribution in [2.24, 2.45) is 0 Å². The minimum absolute atomic E-state index is 0.215. The molecule has 0 aliphatic heterocycles. The van der Waals surface area contributed by atoms with Gasteiger partial charge in [-0.15, -0.1) is 0 Å². The number of para-hydroxylation sites is 1. The maximum atomic E-state index is 12.3. The van der Waals surface area contributed by atoms with Crippen LogP contribution in [0.15, 0.2) is 42.7 Å². The first kappa shape index (κ1) is 14.0. The molecule has 1 aromatic heterocycles. The van der Waals surface area contributed by atoms with E-state index in [1.165, 1.54) is 13.3 Å². The number of pyridine rings is 1. The van der Waals surface area contributed by atoms with Crippen molar-refractivity contribution in [3.8, 4) is 5.75 Å². The summed E-state index contributed by atoms with van der Waals surface area (Å²) < 4.78 is 5.15. The van der Waals surface area contributed by atoms with E-state index in [0.29, 0.717) is 17.9 Å². The molecule has 0 aliphatic carbocycles.